The lowest BCUT2D eigenvalue weighted by Crippen LogP contribution is -2.62. The van der Waals surface area contributed by atoms with Crippen molar-refractivity contribution in [1.29, 1.82) is 0 Å². The second-order valence-corrected chi connectivity index (χ2v) is 15.6. The van der Waals surface area contributed by atoms with E-state index in [1.807, 2.05) is 0 Å². The van der Waals surface area contributed by atoms with Crippen LogP contribution in [0.3, 0.4) is 0 Å². The predicted octanol–water partition coefficient (Wildman–Crippen LogP) is 9.30. The van der Waals surface area contributed by atoms with Crippen molar-refractivity contribution in [1.82, 2.24) is 0 Å². The summed E-state index contributed by atoms with van der Waals surface area (Å²) in [6.07, 6.45) is -35.0. The predicted molar refractivity (Wildman–Crippen MR) is 175 cm³/mol. The molecule has 3 aromatic rings. The van der Waals surface area contributed by atoms with E-state index in [0.717, 1.165) is 74.9 Å². The summed E-state index contributed by atoms with van der Waals surface area (Å²) >= 11 is 0. The minimum atomic E-state index is -6.71. The Labute approximate surface area is 340 Å². The summed E-state index contributed by atoms with van der Waals surface area (Å²) in [6.45, 7) is -7.36. The molecule has 1 unspecified atom stereocenters. The maximum atomic E-state index is 14.1. The molecule has 3 rings (SSSR count). The highest BCUT2D eigenvalue weighted by molar-refractivity contribution is 7.97. The summed E-state index contributed by atoms with van der Waals surface area (Å²) in [4.78, 5) is -0.0205. The summed E-state index contributed by atoms with van der Waals surface area (Å²) in [6, 6.07) is 10.5. The highest BCUT2D eigenvalue weighted by Gasteiger charge is 2.74. The summed E-state index contributed by atoms with van der Waals surface area (Å²) in [5.74, 6) is -2.36. The van der Waals surface area contributed by atoms with Crippen molar-refractivity contribution in [3.05, 3.63) is 72.8 Å². The van der Waals surface area contributed by atoms with Gasteiger partial charge in [0.2, 0.25) is 0 Å². The maximum Gasteiger partial charge on any atom is 0.432 e. The first kappa shape index (κ1) is 52.3. The van der Waals surface area contributed by atoms with Crippen LogP contribution in [0.15, 0.2) is 87.5 Å². The van der Waals surface area contributed by atoms with E-state index in [0.29, 0.717) is 12.1 Å². The molecular weight excluding hydrogens is 943 g/mol. The topological polar surface area (TPSA) is 119 Å². The molecule has 0 saturated heterocycles. The molecule has 29 heteroatoms. The molecule has 0 bridgehead atoms. The van der Waals surface area contributed by atoms with Crippen LogP contribution in [0.5, 0.6) is 17.2 Å². The van der Waals surface area contributed by atoms with Gasteiger partial charge in [0.1, 0.15) is 44.0 Å². The quantitative estimate of drug-likeness (QED) is 0.0539. The Hall–Kier alpha value is -4.03. The van der Waals surface area contributed by atoms with Crippen molar-refractivity contribution in [3.8, 4) is 17.2 Å². The summed E-state index contributed by atoms with van der Waals surface area (Å²) in [5, 5.41) is -5.94. The van der Waals surface area contributed by atoms with Crippen LogP contribution in [0.25, 0.3) is 0 Å². The maximum absolute atomic E-state index is 14.1. The van der Waals surface area contributed by atoms with Crippen LogP contribution >= 0.6 is 0 Å². The number of rotatable bonds is 19. The molecule has 10 nitrogen and oxygen atoms in total. The van der Waals surface area contributed by atoms with Gasteiger partial charge in [0.15, 0.2) is 14.7 Å². The van der Waals surface area contributed by atoms with Crippen molar-refractivity contribution in [3.63, 3.8) is 0 Å². The third kappa shape index (κ3) is 11.6. The molecule has 0 aromatic heterocycles. The largest absolute Gasteiger partial charge is 0.490 e. The fraction of sp³-hybridized carbons (Fsp3) is 0.455. The molecular formula is C33H28F17O10S2+. The molecule has 0 spiro atoms. The summed E-state index contributed by atoms with van der Waals surface area (Å²) in [7, 11) is -6.92. The minimum Gasteiger partial charge on any atom is -0.490 e. The molecule has 350 valence electrons. The number of hydrogen-bond donors (Lipinski definition) is 1. The number of halogens is 17. The average molecular weight is 972 g/mol. The molecule has 0 amide bonds. The minimum absolute atomic E-state index is 0.0143. The Balaban J connectivity index is 2.09. The molecule has 0 heterocycles. The number of ether oxygens (including phenoxy) is 7. The molecule has 0 saturated carbocycles. The second-order valence-electron chi connectivity index (χ2n) is 12.1. The molecule has 1 atom stereocenters. The Morgan fingerprint density at radius 1 is 0.516 bits per heavy atom. The third-order valence-corrected chi connectivity index (χ3v) is 11.1. The van der Waals surface area contributed by atoms with E-state index in [-0.39, 0.29) is 14.7 Å². The number of methoxy groups -OCH3 is 2. The van der Waals surface area contributed by atoms with Crippen molar-refractivity contribution in [2.45, 2.75) is 68.1 Å². The lowest BCUT2D eigenvalue weighted by atomic mass is 10.0. The molecule has 0 aliphatic rings. The third-order valence-electron chi connectivity index (χ3n) is 7.94. The molecule has 3 aromatic carbocycles. The zero-order chi connectivity index (χ0) is 47.4. The van der Waals surface area contributed by atoms with Crippen LogP contribution in [-0.4, -0.2) is 107 Å². The monoisotopic (exact) mass is 971 g/mol. The smallest absolute Gasteiger partial charge is 0.432 e. The zero-order valence-corrected chi connectivity index (χ0v) is 32.3. The molecule has 0 radical (unpaired) electrons. The van der Waals surface area contributed by atoms with E-state index in [1.165, 1.54) is 0 Å². The van der Waals surface area contributed by atoms with Gasteiger partial charge in [-0.15, -0.1) is 0 Å². The van der Waals surface area contributed by atoms with E-state index >= 15 is 0 Å². The van der Waals surface area contributed by atoms with E-state index in [9.17, 15) is 83.1 Å². The van der Waals surface area contributed by atoms with E-state index in [2.05, 4.69) is 23.7 Å². The van der Waals surface area contributed by atoms with Crippen molar-refractivity contribution in [2.24, 2.45) is 0 Å². The van der Waals surface area contributed by atoms with Gasteiger partial charge in [-0.2, -0.15) is 83.1 Å². The molecule has 1 N–H and O–H groups in total. The standard InChI is InChI=1S/C33H27F17O10S2/c1-54-17-58-26(30(39,40)41,31(42,43)44)15-56-19-3-9-22(10-4-19)61(24-13-7-21(8-14-24)60-25(28(34,35)36)29(37,38)62(51,52)53)23-11-5-20(6-12-23)57-16-27(32(45,46)47,33(48,49)50)59-18-55-2/h3-14,25H,15-18H2,1-2H3/p+1. The van der Waals surface area contributed by atoms with E-state index in [4.69, 9.17) is 14.0 Å². The highest BCUT2D eigenvalue weighted by Crippen LogP contribution is 2.48. The van der Waals surface area contributed by atoms with Gasteiger partial charge in [-0.1, -0.05) is 0 Å². The zero-order valence-electron chi connectivity index (χ0n) is 30.7. The first-order valence-corrected chi connectivity index (χ1v) is 18.8. The number of hydrogen-bond acceptors (Lipinski definition) is 9. The lowest BCUT2D eigenvalue weighted by Gasteiger charge is -2.36. The SMILES string of the molecule is COCOC(COc1ccc([S+](c2ccc(OCC(OCOC)(C(F)(F)F)C(F)(F)F)cc2)c2ccc(OC(C(F)(F)F)C(F)(F)S(=O)(=O)O)cc2)cc1)(C(F)(F)F)C(F)(F)F. The van der Waals surface area contributed by atoms with Crippen LogP contribution in [-0.2, 0) is 40.0 Å². The van der Waals surface area contributed by atoms with Crippen LogP contribution in [0, 0.1) is 0 Å². The van der Waals surface area contributed by atoms with Crippen molar-refractivity contribution >= 4 is 21.0 Å². The second kappa shape index (κ2) is 19.0. The molecule has 62 heavy (non-hydrogen) atoms. The van der Waals surface area contributed by atoms with E-state index < -0.39 is 119 Å². The van der Waals surface area contributed by atoms with Gasteiger partial charge in [-0.05, 0) is 72.8 Å². The molecule has 0 aliphatic heterocycles. The fourth-order valence-electron chi connectivity index (χ4n) is 4.75. The van der Waals surface area contributed by atoms with Crippen LogP contribution in [0.1, 0.15) is 0 Å². The Bertz CT molecular complexity index is 1880. The van der Waals surface area contributed by atoms with Gasteiger partial charge in [-0.3, -0.25) is 4.55 Å². The Kier molecular flexibility index (Phi) is 16.0. The lowest BCUT2D eigenvalue weighted by molar-refractivity contribution is -0.397. The van der Waals surface area contributed by atoms with Gasteiger partial charge < -0.3 is 33.2 Å². The van der Waals surface area contributed by atoms with Gasteiger partial charge in [0.25, 0.3) is 17.3 Å². The normalized spacial score (nSPS) is 14.5. The number of benzene rings is 3. The first-order valence-electron chi connectivity index (χ1n) is 16.1. The van der Waals surface area contributed by atoms with Gasteiger partial charge in [0, 0.05) is 14.2 Å². The summed E-state index contributed by atoms with van der Waals surface area (Å²) in [5.41, 5.74) is -9.81. The summed E-state index contributed by atoms with van der Waals surface area (Å²) < 4.78 is 295. The highest BCUT2D eigenvalue weighted by atomic mass is 32.2. The van der Waals surface area contributed by atoms with Crippen molar-refractivity contribution in [2.75, 3.05) is 41.0 Å². The van der Waals surface area contributed by atoms with Gasteiger partial charge in [-0.25, -0.2) is 0 Å². The number of alkyl halides is 17. The van der Waals surface area contributed by atoms with Crippen LogP contribution in [0.4, 0.5) is 74.6 Å². The van der Waals surface area contributed by atoms with Crippen LogP contribution < -0.4 is 14.2 Å². The Morgan fingerprint density at radius 3 is 1.05 bits per heavy atom. The van der Waals surface area contributed by atoms with Crippen molar-refractivity contribution < 1.29 is 121 Å². The molecule has 0 aliphatic carbocycles. The average Bonchev–Trinajstić information content (AvgIpc) is 3.12. The van der Waals surface area contributed by atoms with Crippen LogP contribution in [0.2, 0.25) is 0 Å². The first-order chi connectivity index (χ1) is 28.2. The molecule has 0 fully saturated rings. The fourth-order valence-corrected chi connectivity index (χ4v) is 7.25. The van der Waals surface area contributed by atoms with Gasteiger partial charge >= 0.3 is 46.3 Å². The van der Waals surface area contributed by atoms with Gasteiger partial charge in [0.05, 0.1) is 10.9 Å². The Morgan fingerprint density at radius 2 is 0.806 bits per heavy atom. The van der Waals surface area contributed by atoms with E-state index in [1.54, 1.807) is 0 Å².